The van der Waals surface area contributed by atoms with Gasteiger partial charge in [0.2, 0.25) is 5.69 Å². The smallest absolute Gasteiger partial charge is 0.343 e. The predicted molar refractivity (Wildman–Crippen MR) is 172 cm³/mol. The predicted octanol–water partition coefficient (Wildman–Crippen LogP) is 5.10. The standard InChI is InChI=1S/C36H28N2O12/c1-4-30(39)45-18-6-20-47-33(41)23-8-12-25(13-9-23)35(43)49-28-16-17-29(32(38-3)27(28)22-37)50-36(44)26-14-10-24(11-15-26)34(42)48-21-7-19-46-31(40)5-2/h4-5,8-17H,1-2,6-7,18-21H2. The maximum atomic E-state index is 12.8. The summed E-state index contributed by atoms with van der Waals surface area (Å²) in [6, 6.07) is 14.7. The van der Waals surface area contributed by atoms with Crippen molar-refractivity contribution >= 4 is 41.5 Å². The summed E-state index contributed by atoms with van der Waals surface area (Å²) in [4.78, 5) is 75.5. The van der Waals surface area contributed by atoms with Gasteiger partial charge in [0, 0.05) is 25.0 Å². The number of hydrogen-bond acceptors (Lipinski definition) is 13. The fourth-order valence-electron chi connectivity index (χ4n) is 3.82. The summed E-state index contributed by atoms with van der Waals surface area (Å²) in [6.07, 6.45) is 2.58. The van der Waals surface area contributed by atoms with Crippen molar-refractivity contribution < 1.29 is 57.2 Å². The van der Waals surface area contributed by atoms with Crippen molar-refractivity contribution in [3.63, 3.8) is 0 Å². The molecular weight excluding hydrogens is 652 g/mol. The molecule has 0 saturated heterocycles. The van der Waals surface area contributed by atoms with Gasteiger partial charge in [-0.25, -0.2) is 33.6 Å². The average Bonchev–Trinajstić information content (AvgIpc) is 3.14. The Morgan fingerprint density at radius 3 is 1.34 bits per heavy atom. The lowest BCUT2D eigenvalue weighted by Crippen LogP contribution is -2.12. The second-order valence-electron chi connectivity index (χ2n) is 9.66. The highest BCUT2D eigenvalue weighted by molar-refractivity contribution is 5.96. The molecule has 0 N–H and O–H groups in total. The van der Waals surface area contributed by atoms with Crippen molar-refractivity contribution in [2.75, 3.05) is 26.4 Å². The Kier molecular flexibility index (Phi) is 14.2. The molecule has 3 aromatic rings. The summed E-state index contributed by atoms with van der Waals surface area (Å²) < 4.78 is 30.5. The van der Waals surface area contributed by atoms with Gasteiger partial charge < -0.3 is 28.4 Å². The van der Waals surface area contributed by atoms with Crippen LogP contribution in [-0.2, 0) is 28.5 Å². The van der Waals surface area contributed by atoms with E-state index >= 15 is 0 Å². The van der Waals surface area contributed by atoms with Crippen molar-refractivity contribution in [2.24, 2.45) is 0 Å². The van der Waals surface area contributed by atoms with Crippen molar-refractivity contribution in [3.05, 3.63) is 125 Å². The molecule has 0 atom stereocenters. The SMILES string of the molecule is [C-]#[N+]c1c(OC(=O)c2ccc(C(=O)OCCCOC(=O)C=C)cc2)ccc(OC(=O)c2ccc(C(=O)OCCCOC(=O)C=C)cc2)c1C#N. The Morgan fingerprint density at radius 2 is 0.960 bits per heavy atom. The number of benzene rings is 3. The largest absolute Gasteiger partial charge is 0.462 e. The van der Waals surface area contributed by atoms with Crippen molar-refractivity contribution in [3.8, 4) is 17.6 Å². The molecule has 14 heteroatoms. The van der Waals surface area contributed by atoms with Crippen LogP contribution in [0.2, 0.25) is 0 Å². The maximum Gasteiger partial charge on any atom is 0.343 e. The third-order valence-corrected chi connectivity index (χ3v) is 6.31. The number of carbonyl (C=O) groups excluding carboxylic acids is 6. The van der Waals surface area contributed by atoms with Crippen LogP contribution >= 0.6 is 0 Å². The lowest BCUT2D eigenvalue weighted by Gasteiger charge is -2.12. The molecule has 0 bridgehead atoms. The van der Waals surface area contributed by atoms with E-state index in [4.69, 9.17) is 35.0 Å². The van der Waals surface area contributed by atoms with E-state index in [1.54, 1.807) is 6.07 Å². The van der Waals surface area contributed by atoms with Gasteiger partial charge in [-0.2, -0.15) is 5.26 Å². The molecule has 14 nitrogen and oxygen atoms in total. The molecule has 0 aromatic heterocycles. The molecule has 0 radical (unpaired) electrons. The highest BCUT2D eigenvalue weighted by Gasteiger charge is 2.22. The summed E-state index contributed by atoms with van der Waals surface area (Å²) in [6.45, 7) is 14.2. The van der Waals surface area contributed by atoms with Gasteiger partial charge in [0.05, 0.1) is 61.3 Å². The quantitative estimate of drug-likeness (QED) is 0.0486. The van der Waals surface area contributed by atoms with Gasteiger partial charge in [0.15, 0.2) is 0 Å². The van der Waals surface area contributed by atoms with Crippen LogP contribution in [0, 0.1) is 17.9 Å². The molecule has 0 amide bonds. The van der Waals surface area contributed by atoms with Crippen LogP contribution in [0.25, 0.3) is 4.85 Å². The lowest BCUT2D eigenvalue weighted by atomic mass is 10.1. The molecule has 0 unspecified atom stereocenters. The number of nitrogens with zero attached hydrogens (tertiary/aromatic N) is 2. The van der Waals surface area contributed by atoms with Crippen LogP contribution in [0.1, 0.15) is 59.8 Å². The molecule has 0 spiro atoms. The van der Waals surface area contributed by atoms with Gasteiger partial charge in [0.25, 0.3) is 0 Å². The Hall–Kier alpha value is -7.06. The number of esters is 6. The number of rotatable bonds is 16. The summed E-state index contributed by atoms with van der Waals surface area (Å²) in [5.41, 5.74) is -0.441. The zero-order chi connectivity index (χ0) is 36.5. The Labute approximate surface area is 285 Å². The minimum Gasteiger partial charge on any atom is -0.462 e. The summed E-state index contributed by atoms with van der Waals surface area (Å²) in [5, 5.41) is 9.77. The van der Waals surface area contributed by atoms with E-state index in [0.717, 1.165) is 12.2 Å². The Balaban J connectivity index is 1.59. The Morgan fingerprint density at radius 1 is 0.600 bits per heavy atom. The number of ether oxygens (including phenoxy) is 6. The second-order valence-corrected chi connectivity index (χ2v) is 9.66. The molecule has 50 heavy (non-hydrogen) atoms. The van der Waals surface area contributed by atoms with Gasteiger partial charge in [0.1, 0.15) is 17.1 Å². The fourth-order valence-corrected chi connectivity index (χ4v) is 3.82. The van der Waals surface area contributed by atoms with Crippen molar-refractivity contribution in [1.29, 1.82) is 5.26 Å². The third kappa shape index (κ3) is 10.8. The van der Waals surface area contributed by atoms with Gasteiger partial charge in [-0.1, -0.05) is 13.2 Å². The third-order valence-electron chi connectivity index (χ3n) is 6.31. The zero-order valence-electron chi connectivity index (χ0n) is 26.4. The van der Waals surface area contributed by atoms with E-state index in [-0.39, 0.29) is 84.3 Å². The topological polar surface area (TPSA) is 186 Å². The van der Waals surface area contributed by atoms with Gasteiger partial charge >= 0.3 is 35.8 Å². The van der Waals surface area contributed by atoms with E-state index < -0.39 is 35.8 Å². The van der Waals surface area contributed by atoms with Crippen LogP contribution in [0.3, 0.4) is 0 Å². The molecule has 254 valence electrons. The first-order chi connectivity index (χ1) is 24.1. The first-order valence-electron chi connectivity index (χ1n) is 14.6. The summed E-state index contributed by atoms with van der Waals surface area (Å²) in [7, 11) is 0. The average molecular weight is 681 g/mol. The van der Waals surface area contributed by atoms with Crippen LogP contribution < -0.4 is 9.47 Å². The molecule has 3 rings (SSSR count). The minimum absolute atomic E-state index is 0.0119. The zero-order valence-corrected chi connectivity index (χ0v) is 26.4. The van der Waals surface area contributed by atoms with Gasteiger partial charge in [-0.3, -0.25) is 0 Å². The molecule has 0 aliphatic heterocycles. The van der Waals surface area contributed by atoms with Crippen LogP contribution in [0.4, 0.5) is 5.69 Å². The second kappa shape index (κ2) is 18.9. The highest BCUT2D eigenvalue weighted by atomic mass is 16.6. The van der Waals surface area contributed by atoms with Crippen molar-refractivity contribution in [2.45, 2.75) is 12.8 Å². The molecule has 0 aliphatic rings. The minimum atomic E-state index is -0.902. The normalized spacial score (nSPS) is 9.88. The number of hydrogen-bond donors (Lipinski definition) is 0. The molecule has 3 aromatic carbocycles. The summed E-state index contributed by atoms with van der Waals surface area (Å²) in [5.74, 6) is -4.87. The molecule has 0 fully saturated rings. The highest BCUT2D eigenvalue weighted by Crippen LogP contribution is 2.38. The van der Waals surface area contributed by atoms with E-state index in [1.165, 1.54) is 60.7 Å². The van der Waals surface area contributed by atoms with E-state index in [1.807, 2.05) is 0 Å². The molecule has 0 heterocycles. The number of nitriles is 1. The van der Waals surface area contributed by atoms with E-state index in [9.17, 15) is 34.0 Å². The van der Waals surface area contributed by atoms with Gasteiger partial charge in [-0.15, -0.1) is 0 Å². The maximum absolute atomic E-state index is 12.8. The van der Waals surface area contributed by atoms with Crippen LogP contribution in [-0.4, -0.2) is 62.2 Å². The lowest BCUT2D eigenvalue weighted by molar-refractivity contribution is -0.138. The van der Waals surface area contributed by atoms with Crippen LogP contribution in [0.5, 0.6) is 11.5 Å². The fraction of sp³-hybridized carbons (Fsp3) is 0.167. The number of carbonyl (C=O) groups is 6. The summed E-state index contributed by atoms with van der Waals surface area (Å²) >= 11 is 0. The molecular formula is C36H28N2O12. The first kappa shape index (κ1) is 37.4. The first-order valence-corrected chi connectivity index (χ1v) is 14.6. The van der Waals surface area contributed by atoms with Gasteiger partial charge in [-0.05, 0) is 60.7 Å². The van der Waals surface area contributed by atoms with E-state index in [2.05, 4.69) is 18.0 Å². The molecule has 0 aliphatic carbocycles. The van der Waals surface area contributed by atoms with Crippen molar-refractivity contribution in [1.82, 2.24) is 0 Å². The van der Waals surface area contributed by atoms with Crippen LogP contribution in [0.15, 0.2) is 86.0 Å². The monoisotopic (exact) mass is 680 g/mol. The Bertz CT molecular complexity index is 1730. The van der Waals surface area contributed by atoms with E-state index in [0.29, 0.717) is 0 Å². The molecule has 0 saturated carbocycles.